The Labute approximate surface area is 236 Å². The van der Waals surface area contributed by atoms with Crippen molar-refractivity contribution in [3.05, 3.63) is 100 Å². The van der Waals surface area contributed by atoms with Crippen molar-refractivity contribution in [2.45, 2.75) is 13.0 Å². The van der Waals surface area contributed by atoms with E-state index in [1.807, 2.05) is 61.5 Å². The van der Waals surface area contributed by atoms with Crippen LogP contribution in [0.5, 0.6) is 0 Å². The number of nitrogens with zero attached hydrogens (tertiary/aromatic N) is 5. The molecule has 0 spiro atoms. The van der Waals surface area contributed by atoms with E-state index in [0.29, 0.717) is 47.7 Å². The van der Waals surface area contributed by atoms with Gasteiger partial charge in [-0.15, -0.1) is 5.10 Å². The molecule has 1 fully saturated rings. The van der Waals surface area contributed by atoms with Crippen molar-refractivity contribution in [3.8, 4) is 17.5 Å². The summed E-state index contributed by atoms with van der Waals surface area (Å²) in [7, 11) is 0. The number of hydrogen-bond acceptors (Lipinski definition) is 7. The fourth-order valence-electron chi connectivity index (χ4n) is 5.12. The first-order valence-corrected chi connectivity index (χ1v) is 13.4. The molecule has 6 rings (SSSR count). The first-order chi connectivity index (χ1) is 20.0. The zero-order valence-electron chi connectivity index (χ0n) is 22.6. The predicted octanol–water partition coefficient (Wildman–Crippen LogP) is 2.79. The Morgan fingerprint density at radius 1 is 1.12 bits per heavy atom. The molecule has 0 bridgehead atoms. The van der Waals surface area contributed by atoms with Crippen LogP contribution in [-0.2, 0) is 4.74 Å². The molecule has 0 radical (unpaired) electrons. The normalized spacial score (nSPS) is 14.5. The molecule has 41 heavy (non-hydrogen) atoms. The third-order valence-electron chi connectivity index (χ3n) is 7.16. The minimum absolute atomic E-state index is 0.0765. The number of carbonyl (C=O) groups excluding carboxylic acids is 1. The van der Waals surface area contributed by atoms with E-state index in [2.05, 4.69) is 32.1 Å². The lowest BCUT2D eigenvalue weighted by molar-refractivity contribution is 0.0443. The number of rotatable bonds is 5. The van der Waals surface area contributed by atoms with Crippen LogP contribution in [0.4, 0.5) is 5.82 Å². The average Bonchev–Trinajstić information content (AvgIpc) is 3.33. The summed E-state index contributed by atoms with van der Waals surface area (Å²) in [6, 6.07) is 18.1. The van der Waals surface area contributed by atoms with Crippen LogP contribution >= 0.6 is 0 Å². The van der Waals surface area contributed by atoms with Crippen molar-refractivity contribution in [2.24, 2.45) is 0 Å². The summed E-state index contributed by atoms with van der Waals surface area (Å²) in [6.07, 6.45) is 3.26. The van der Waals surface area contributed by atoms with Gasteiger partial charge in [0.1, 0.15) is 5.56 Å². The maximum Gasteiger partial charge on any atom is 0.264 e. The largest absolute Gasteiger partial charge is 0.381 e. The lowest BCUT2D eigenvalue weighted by Crippen LogP contribution is -2.36. The fraction of sp³-hybridized carbons (Fsp3) is 0.226. The quantitative estimate of drug-likeness (QED) is 0.325. The van der Waals surface area contributed by atoms with Crippen LogP contribution in [0.15, 0.2) is 77.9 Å². The lowest BCUT2D eigenvalue weighted by atomic mass is 10.0. The number of anilines is 1. The summed E-state index contributed by atoms with van der Waals surface area (Å²) in [4.78, 5) is 34.1. The number of nitrogen functional groups attached to an aromatic ring is 1. The molecule has 3 N–H and O–H groups in total. The van der Waals surface area contributed by atoms with Gasteiger partial charge in [-0.1, -0.05) is 42.2 Å². The van der Waals surface area contributed by atoms with Crippen LogP contribution in [0.1, 0.15) is 34.6 Å². The Kier molecular flexibility index (Phi) is 7.20. The molecule has 0 aliphatic carbocycles. The fourth-order valence-corrected chi connectivity index (χ4v) is 5.12. The molecular weight excluding hydrogens is 518 g/mol. The maximum absolute atomic E-state index is 14.2. The third-order valence-corrected chi connectivity index (χ3v) is 7.16. The summed E-state index contributed by atoms with van der Waals surface area (Å²) in [5.41, 5.74) is 8.38. The van der Waals surface area contributed by atoms with Crippen LogP contribution in [0, 0.1) is 11.8 Å². The van der Waals surface area contributed by atoms with Crippen LogP contribution in [0.2, 0.25) is 0 Å². The SMILES string of the molecule is C[C@@H](NC(=O)c1c(N)nn2cccnc12)c1cc2cccc(C#CCN3CCOCC3)c2c(=O)n1-c1ccccc1. The molecule has 10 nitrogen and oxygen atoms in total. The molecule has 1 aliphatic rings. The van der Waals surface area contributed by atoms with E-state index in [4.69, 9.17) is 10.5 Å². The zero-order valence-corrected chi connectivity index (χ0v) is 22.6. The van der Waals surface area contributed by atoms with E-state index in [1.165, 1.54) is 4.52 Å². The van der Waals surface area contributed by atoms with Gasteiger partial charge in [-0.05, 0) is 42.6 Å². The predicted molar refractivity (Wildman–Crippen MR) is 157 cm³/mol. The van der Waals surface area contributed by atoms with Gasteiger partial charge in [-0.25, -0.2) is 9.50 Å². The van der Waals surface area contributed by atoms with Gasteiger partial charge >= 0.3 is 0 Å². The van der Waals surface area contributed by atoms with Crippen molar-refractivity contribution in [2.75, 3.05) is 38.6 Å². The van der Waals surface area contributed by atoms with Crippen molar-refractivity contribution in [1.82, 2.24) is 29.4 Å². The molecule has 0 saturated carbocycles. The first kappa shape index (κ1) is 26.3. The van der Waals surface area contributed by atoms with Gasteiger partial charge in [0.15, 0.2) is 11.5 Å². The Morgan fingerprint density at radius 3 is 2.73 bits per heavy atom. The number of pyridine rings is 1. The van der Waals surface area contributed by atoms with Gasteiger partial charge in [0.25, 0.3) is 11.5 Å². The molecule has 1 saturated heterocycles. The highest BCUT2D eigenvalue weighted by Crippen LogP contribution is 2.24. The van der Waals surface area contributed by atoms with Gasteiger partial charge in [0.2, 0.25) is 0 Å². The smallest absolute Gasteiger partial charge is 0.264 e. The zero-order chi connectivity index (χ0) is 28.3. The number of para-hydroxylation sites is 1. The van der Waals surface area contributed by atoms with Crippen LogP contribution in [0.3, 0.4) is 0 Å². The van der Waals surface area contributed by atoms with E-state index >= 15 is 0 Å². The minimum Gasteiger partial charge on any atom is -0.381 e. The van der Waals surface area contributed by atoms with Gasteiger partial charge in [0.05, 0.1) is 31.2 Å². The maximum atomic E-state index is 14.2. The number of aromatic nitrogens is 4. The number of nitrogens with two attached hydrogens (primary N) is 1. The second-order valence-corrected chi connectivity index (χ2v) is 9.85. The highest BCUT2D eigenvalue weighted by atomic mass is 16.5. The standard InChI is InChI=1S/C31H29N7O3/c1-21(34-30(39)27-28(32)35-37-15-7-13-33-29(27)37)25-20-23-9-5-8-22(10-6-14-36-16-18-41-19-17-36)26(23)31(40)38(25)24-11-3-2-4-12-24/h2-5,7-9,11-13,15,20-21H,14,16-19H2,1H3,(H2,32,35)(H,34,39)/t21-/m1/s1. The van der Waals surface area contributed by atoms with Crippen LogP contribution in [0.25, 0.3) is 22.1 Å². The number of fused-ring (bicyclic) bond motifs is 2. The molecule has 10 heteroatoms. The average molecular weight is 548 g/mol. The number of nitrogens with one attached hydrogen (secondary N) is 1. The summed E-state index contributed by atoms with van der Waals surface area (Å²) in [6.45, 7) is 5.53. The molecule has 2 aromatic carbocycles. The first-order valence-electron chi connectivity index (χ1n) is 13.4. The second-order valence-electron chi connectivity index (χ2n) is 9.85. The number of ether oxygens (including phenoxy) is 1. The lowest BCUT2D eigenvalue weighted by Gasteiger charge is -2.24. The number of morpholine rings is 1. The Balaban J connectivity index is 1.41. The van der Waals surface area contributed by atoms with E-state index in [0.717, 1.165) is 18.5 Å². The topological polar surface area (TPSA) is 120 Å². The van der Waals surface area contributed by atoms with Gasteiger partial charge in [-0.3, -0.25) is 19.1 Å². The summed E-state index contributed by atoms with van der Waals surface area (Å²) in [5, 5.41) is 8.47. The molecule has 3 aromatic heterocycles. The Hall–Kier alpha value is -4.98. The minimum atomic E-state index is -0.561. The highest BCUT2D eigenvalue weighted by Gasteiger charge is 2.24. The third kappa shape index (κ3) is 5.16. The molecule has 206 valence electrons. The number of hydrogen-bond donors (Lipinski definition) is 2. The molecule has 1 aliphatic heterocycles. The van der Waals surface area contributed by atoms with Gasteiger partial charge < -0.3 is 15.8 Å². The van der Waals surface area contributed by atoms with Gasteiger partial charge in [-0.2, -0.15) is 0 Å². The summed E-state index contributed by atoms with van der Waals surface area (Å²) < 4.78 is 8.52. The number of benzene rings is 2. The van der Waals surface area contributed by atoms with Crippen LogP contribution < -0.4 is 16.6 Å². The number of carbonyl (C=O) groups is 1. The van der Waals surface area contributed by atoms with Crippen LogP contribution in [-0.4, -0.2) is 62.8 Å². The van der Waals surface area contributed by atoms with Crippen molar-refractivity contribution >= 4 is 28.1 Å². The Morgan fingerprint density at radius 2 is 1.93 bits per heavy atom. The van der Waals surface area contributed by atoms with Crippen molar-refractivity contribution in [1.29, 1.82) is 0 Å². The molecule has 0 unspecified atom stereocenters. The van der Waals surface area contributed by atoms with E-state index in [1.54, 1.807) is 23.0 Å². The van der Waals surface area contributed by atoms with E-state index in [9.17, 15) is 9.59 Å². The molecule has 1 atom stereocenters. The molecule has 1 amide bonds. The summed E-state index contributed by atoms with van der Waals surface area (Å²) in [5.74, 6) is 6.11. The highest BCUT2D eigenvalue weighted by molar-refractivity contribution is 6.04. The second kappa shape index (κ2) is 11.3. The number of amides is 1. The van der Waals surface area contributed by atoms with E-state index in [-0.39, 0.29) is 16.9 Å². The molecular formula is C31H29N7O3. The van der Waals surface area contributed by atoms with Gasteiger partial charge in [0, 0.05) is 42.4 Å². The molecule has 4 heterocycles. The monoisotopic (exact) mass is 547 g/mol. The van der Waals surface area contributed by atoms with Crippen molar-refractivity contribution in [3.63, 3.8) is 0 Å². The molecule has 5 aromatic rings. The Bertz CT molecular complexity index is 1860. The van der Waals surface area contributed by atoms with E-state index < -0.39 is 11.9 Å². The van der Waals surface area contributed by atoms with Crippen molar-refractivity contribution < 1.29 is 9.53 Å². The summed E-state index contributed by atoms with van der Waals surface area (Å²) >= 11 is 0.